The van der Waals surface area contributed by atoms with Crippen LogP contribution in [0.4, 0.5) is 14.5 Å². The summed E-state index contributed by atoms with van der Waals surface area (Å²) in [4.78, 5) is 26.9. The third-order valence-corrected chi connectivity index (χ3v) is 5.99. The Morgan fingerprint density at radius 3 is 2.29 bits per heavy atom. The Hall–Kier alpha value is -3.74. The topological polar surface area (TPSA) is 58.6 Å². The van der Waals surface area contributed by atoms with Crippen LogP contribution in [0.1, 0.15) is 43.0 Å². The second-order valence-electron chi connectivity index (χ2n) is 8.29. The number of hydrogen-bond donors (Lipinski definition) is 1. The van der Waals surface area contributed by atoms with E-state index in [2.05, 4.69) is 5.32 Å². The van der Waals surface area contributed by atoms with E-state index in [-0.39, 0.29) is 29.5 Å². The molecule has 5 nitrogen and oxygen atoms in total. The Balaban J connectivity index is 1.60. The maximum Gasteiger partial charge on any atom is 0.265 e. The summed E-state index contributed by atoms with van der Waals surface area (Å²) in [5, 5.41) is 2.75. The summed E-state index contributed by atoms with van der Waals surface area (Å²) in [6.07, 6.45) is 0.347. The van der Waals surface area contributed by atoms with Crippen molar-refractivity contribution < 1.29 is 23.1 Å². The van der Waals surface area contributed by atoms with E-state index in [4.69, 9.17) is 4.74 Å². The number of hydrogen-bond acceptors (Lipinski definition) is 3. The van der Waals surface area contributed by atoms with Crippen LogP contribution in [0, 0.1) is 11.6 Å². The Morgan fingerprint density at radius 1 is 1.03 bits per heavy atom. The highest BCUT2D eigenvalue weighted by Crippen LogP contribution is 2.37. The Bertz CT molecular complexity index is 1180. The molecule has 0 saturated carbocycles. The number of rotatable bonds is 6. The molecule has 7 heteroatoms. The van der Waals surface area contributed by atoms with Crippen molar-refractivity contribution in [2.75, 3.05) is 11.9 Å². The minimum atomic E-state index is -0.764. The van der Waals surface area contributed by atoms with E-state index in [0.29, 0.717) is 30.8 Å². The maximum atomic E-state index is 13.5. The summed E-state index contributed by atoms with van der Waals surface area (Å²) >= 11 is 0. The molecule has 0 radical (unpaired) electrons. The minimum absolute atomic E-state index is 0.0728. The number of ether oxygens (including phenoxy) is 1. The van der Waals surface area contributed by atoms with Gasteiger partial charge in [0.25, 0.3) is 5.91 Å². The molecule has 0 saturated heterocycles. The number of anilines is 1. The molecule has 0 fully saturated rings. The van der Waals surface area contributed by atoms with E-state index in [9.17, 15) is 18.4 Å². The van der Waals surface area contributed by atoms with Gasteiger partial charge >= 0.3 is 0 Å². The molecule has 176 valence electrons. The maximum absolute atomic E-state index is 13.5. The highest BCUT2D eigenvalue weighted by Gasteiger charge is 2.31. The molecule has 1 aliphatic rings. The fourth-order valence-electron chi connectivity index (χ4n) is 4.25. The molecule has 1 heterocycles. The summed E-state index contributed by atoms with van der Waals surface area (Å²) in [5.74, 6) is -0.643. The lowest BCUT2D eigenvalue weighted by atomic mass is 9.88. The number of benzene rings is 3. The van der Waals surface area contributed by atoms with Gasteiger partial charge in [0.1, 0.15) is 17.4 Å². The van der Waals surface area contributed by atoms with Gasteiger partial charge in [0.2, 0.25) is 5.91 Å². The van der Waals surface area contributed by atoms with Gasteiger partial charge in [-0.05, 0) is 78.1 Å². The fraction of sp³-hybridized carbons (Fsp3) is 0.259. The molecule has 3 aromatic rings. The predicted molar refractivity (Wildman–Crippen MR) is 126 cm³/mol. The fourth-order valence-corrected chi connectivity index (χ4v) is 4.25. The van der Waals surface area contributed by atoms with Gasteiger partial charge in [-0.3, -0.25) is 9.59 Å². The van der Waals surface area contributed by atoms with E-state index >= 15 is 0 Å². The number of fused-ring (bicyclic) bond motifs is 1. The van der Waals surface area contributed by atoms with Gasteiger partial charge in [0, 0.05) is 19.2 Å². The van der Waals surface area contributed by atoms with Crippen molar-refractivity contribution in [2.24, 2.45) is 0 Å². The van der Waals surface area contributed by atoms with Crippen LogP contribution in [-0.2, 0) is 16.0 Å². The van der Waals surface area contributed by atoms with Crippen molar-refractivity contribution in [3.8, 4) is 5.75 Å². The van der Waals surface area contributed by atoms with Crippen LogP contribution in [0.5, 0.6) is 5.75 Å². The van der Waals surface area contributed by atoms with E-state index in [0.717, 1.165) is 16.7 Å². The standard InChI is InChI=1S/C27H26F2N2O3/c1-3-25(27(33)30-22-11-9-21(29)10-12-22)34-23-13-6-18-14-15-31(17(2)32)26(24(18)16-23)19-4-7-20(28)8-5-19/h4-13,16,25-26H,3,14-15H2,1-2H3,(H,30,33). The minimum Gasteiger partial charge on any atom is -0.481 e. The van der Waals surface area contributed by atoms with Crippen molar-refractivity contribution in [1.29, 1.82) is 0 Å². The highest BCUT2D eigenvalue weighted by atomic mass is 19.1. The van der Waals surface area contributed by atoms with Crippen LogP contribution in [0.2, 0.25) is 0 Å². The van der Waals surface area contributed by atoms with Crippen LogP contribution in [0.3, 0.4) is 0 Å². The van der Waals surface area contributed by atoms with Gasteiger partial charge < -0.3 is 15.0 Å². The first-order valence-electron chi connectivity index (χ1n) is 11.2. The molecule has 0 bridgehead atoms. The van der Waals surface area contributed by atoms with Gasteiger partial charge in [-0.15, -0.1) is 0 Å². The number of nitrogens with zero attached hydrogens (tertiary/aromatic N) is 1. The van der Waals surface area contributed by atoms with Crippen molar-refractivity contribution in [2.45, 2.75) is 38.8 Å². The summed E-state index contributed by atoms with van der Waals surface area (Å²) < 4.78 is 32.7. The lowest BCUT2D eigenvalue weighted by Crippen LogP contribution is -2.39. The van der Waals surface area contributed by atoms with Crippen LogP contribution in [-0.4, -0.2) is 29.4 Å². The highest BCUT2D eigenvalue weighted by molar-refractivity contribution is 5.94. The third kappa shape index (κ3) is 5.09. The van der Waals surface area contributed by atoms with E-state index in [1.54, 1.807) is 17.0 Å². The van der Waals surface area contributed by atoms with Crippen LogP contribution >= 0.6 is 0 Å². The Morgan fingerprint density at radius 2 is 1.68 bits per heavy atom. The van der Waals surface area contributed by atoms with Gasteiger partial charge in [0.15, 0.2) is 6.10 Å². The quantitative estimate of drug-likeness (QED) is 0.542. The lowest BCUT2D eigenvalue weighted by Gasteiger charge is -2.37. The molecule has 0 spiro atoms. The van der Waals surface area contributed by atoms with Crippen molar-refractivity contribution in [1.82, 2.24) is 4.90 Å². The van der Waals surface area contributed by atoms with Gasteiger partial charge in [0.05, 0.1) is 6.04 Å². The zero-order chi connectivity index (χ0) is 24.2. The molecule has 4 rings (SSSR count). The third-order valence-electron chi connectivity index (χ3n) is 5.99. The predicted octanol–water partition coefficient (Wildman–Crippen LogP) is 5.25. The Labute approximate surface area is 197 Å². The smallest absolute Gasteiger partial charge is 0.265 e. The van der Waals surface area contributed by atoms with E-state index in [1.807, 2.05) is 25.1 Å². The molecule has 1 aliphatic heterocycles. The van der Waals surface area contributed by atoms with Crippen LogP contribution < -0.4 is 10.1 Å². The zero-order valence-electron chi connectivity index (χ0n) is 19.1. The average Bonchev–Trinajstić information content (AvgIpc) is 2.83. The van der Waals surface area contributed by atoms with Crippen molar-refractivity contribution >= 4 is 17.5 Å². The monoisotopic (exact) mass is 464 g/mol. The molecule has 2 atom stereocenters. The van der Waals surface area contributed by atoms with Crippen molar-refractivity contribution in [3.05, 3.63) is 95.1 Å². The van der Waals surface area contributed by atoms with Gasteiger partial charge in [-0.2, -0.15) is 0 Å². The normalized spacial score (nSPS) is 15.9. The number of carbonyl (C=O) groups excluding carboxylic acids is 2. The molecular formula is C27H26F2N2O3. The number of halogens is 2. The number of carbonyl (C=O) groups is 2. The summed E-state index contributed by atoms with van der Waals surface area (Å²) in [6, 6.07) is 16.9. The lowest BCUT2D eigenvalue weighted by molar-refractivity contribution is -0.130. The summed E-state index contributed by atoms with van der Waals surface area (Å²) in [6.45, 7) is 3.92. The SMILES string of the molecule is CCC(Oc1ccc2c(c1)C(c1ccc(F)cc1)N(C(C)=O)CC2)C(=O)Nc1ccc(F)cc1. The molecule has 2 unspecified atom stereocenters. The first-order chi connectivity index (χ1) is 16.4. The van der Waals surface area contributed by atoms with Gasteiger partial charge in [-0.25, -0.2) is 8.78 Å². The molecule has 0 aliphatic carbocycles. The first-order valence-corrected chi connectivity index (χ1v) is 11.2. The first kappa shape index (κ1) is 23.4. The van der Waals surface area contributed by atoms with Crippen LogP contribution in [0.25, 0.3) is 0 Å². The van der Waals surface area contributed by atoms with E-state index < -0.39 is 6.10 Å². The molecule has 34 heavy (non-hydrogen) atoms. The molecular weight excluding hydrogens is 438 g/mol. The molecule has 2 amide bonds. The Kier molecular flexibility index (Phi) is 6.91. The van der Waals surface area contributed by atoms with Crippen molar-refractivity contribution in [3.63, 3.8) is 0 Å². The largest absolute Gasteiger partial charge is 0.481 e. The second kappa shape index (κ2) is 10.0. The number of amides is 2. The van der Waals surface area contributed by atoms with E-state index in [1.165, 1.54) is 43.3 Å². The average molecular weight is 465 g/mol. The van der Waals surface area contributed by atoms with Gasteiger partial charge in [-0.1, -0.05) is 25.1 Å². The summed E-state index contributed by atoms with van der Waals surface area (Å²) in [5.41, 5.74) is 3.24. The molecule has 1 N–H and O–H groups in total. The van der Waals surface area contributed by atoms with Crippen LogP contribution in [0.15, 0.2) is 66.7 Å². The molecule has 0 aromatic heterocycles. The molecule has 3 aromatic carbocycles. The second-order valence-corrected chi connectivity index (χ2v) is 8.29. The summed E-state index contributed by atoms with van der Waals surface area (Å²) in [7, 11) is 0. The number of nitrogens with one attached hydrogen (secondary N) is 1. The zero-order valence-corrected chi connectivity index (χ0v) is 19.1.